The highest BCUT2D eigenvalue weighted by atomic mass is 16.1. The van der Waals surface area contributed by atoms with Crippen LogP contribution in [-0.4, -0.2) is 20.4 Å². The van der Waals surface area contributed by atoms with Gasteiger partial charge in [-0.1, -0.05) is 12.1 Å². The standard InChI is InChI=1S/C16H17N3O/c1-12(2)19-11-17-8-15(19)9-18-7-6-13-4-3-5-14(10-20)16(13)18/h3-8,10-12H,9H2,1-2H3. The third-order valence-corrected chi connectivity index (χ3v) is 3.58. The Hall–Kier alpha value is -2.36. The Bertz CT molecular complexity index is 752. The molecule has 0 aliphatic rings. The monoisotopic (exact) mass is 267 g/mol. The molecule has 4 nitrogen and oxygen atoms in total. The first-order valence-corrected chi connectivity index (χ1v) is 6.74. The molecule has 0 aliphatic carbocycles. The van der Waals surface area contributed by atoms with Crippen LogP contribution in [0.4, 0.5) is 0 Å². The van der Waals surface area contributed by atoms with E-state index in [-0.39, 0.29) is 0 Å². The summed E-state index contributed by atoms with van der Waals surface area (Å²) in [7, 11) is 0. The van der Waals surface area contributed by atoms with Crippen LogP contribution in [-0.2, 0) is 6.54 Å². The zero-order chi connectivity index (χ0) is 14.1. The van der Waals surface area contributed by atoms with Crippen molar-refractivity contribution >= 4 is 17.2 Å². The maximum Gasteiger partial charge on any atom is 0.152 e. The molecule has 0 atom stereocenters. The summed E-state index contributed by atoms with van der Waals surface area (Å²) in [5.74, 6) is 0. The van der Waals surface area contributed by atoms with Crippen molar-refractivity contribution in [2.75, 3.05) is 0 Å². The number of fused-ring (bicyclic) bond motifs is 1. The quantitative estimate of drug-likeness (QED) is 0.680. The summed E-state index contributed by atoms with van der Waals surface area (Å²) >= 11 is 0. The molecule has 0 amide bonds. The second-order valence-corrected chi connectivity index (χ2v) is 5.23. The summed E-state index contributed by atoms with van der Waals surface area (Å²) in [5, 5.41) is 1.09. The van der Waals surface area contributed by atoms with E-state index in [1.807, 2.05) is 43.0 Å². The van der Waals surface area contributed by atoms with Gasteiger partial charge in [0.25, 0.3) is 0 Å². The molecule has 0 aliphatic heterocycles. The van der Waals surface area contributed by atoms with Crippen LogP contribution in [0.25, 0.3) is 10.9 Å². The minimum atomic E-state index is 0.375. The number of benzene rings is 1. The molecule has 4 heteroatoms. The van der Waals surface area contributed by atoms with Crippen molar-refractivity contribution in [3.8, 4) is 0 Å². The number of hydrogen-bond donors (Lipinski definition) is 0. The molecule has 0 saturated heterocycles. The summed E-state index contributed by atoms with van der Waals surface area (Å²) in [5.41, 5.74) is 2.85. The molecular weight excluding hydrogens is 250 g/mol. The van der Waals surface area contributed by atoms with Crippen molar-refractivity contribution in [1.82, 2.24) is 14.1 Å². The number of rotatable bonds is 4. The molecule has 0 bridgehead atoms. The molecule has 3 aromatic rings. The van der Waals surface area contributed by atoms with E-state index in [1.54, 1.807) is 0 Å². The molecular formula is C16H17N3O. The number of hydrogen-bond acceptors (Lipinski definition) is 2. The molecule has 102 valence electrons. The number of para-hydroxylation sites is 1. The van der Waals surface area contributed by atoms with E-state index in [0.717, 1.165) is 28.4 Å². The van der Waals surface area contributed by atoms with Crippen LogP contribution in [0.2, 0.25) is 0 Å². The van der Waals surface area contributed by atoms with Crippen LogP contribution in [0, 0.1) is 0 Å². The lowest BCUT2D eigenvalue weighted by Gasteiger charge is -2.13. The van der Waals surface area contributed by atoms with Crippen LogP contribution in [0.3, 0.4) is 0 Å². The Kier molecular flexibility index (Phi) is 3.14. The van der Waals surface area contributed by atoms with Crippen molar-refractivity contribution in [3.05, 3.63) is 54.2 Å². The van der Waals surface area contributed by atoms with Gasteiger partial charge in [0, 0.05) is 29.4 Å². The average molecular weight is 267 g/mol. The first kappa shape index (κ1) is 12.7. The third-order valence-electron chi connectivity index (χ3n) is 3.58. The molecule has 20 heavy (non-hydrogen) atoms. The lowest BCUT2D eigenvalue weighted by atomic mass is 10.1. The molecule has 0 saturated carbocycles. The zero-order valence-electron chi connectivity index (χ0n) is 11.7. The Morgan fingerprint density at radius 2 is 2.15 bits per heavy atom. The molecule has 3 rings (SSSR count). The number of imidazole rings is 1. The second-order valence-electron chi connectivity index (χ2n) is 5.23. The van der Waals surface area contributed by atoms with E-state index in [2.05, 4.69) is 28.0 Å². The molecule has 1 aromatic carbocycles. The number of aromatic nitrogens is 3. The fourth-order valence-electron chi connectivity index (χ4n) is 2.61. The Labute approximate surface area is 117 Å². The Balaban J connectivity index is 2.07. The first-order valence-electron chi connectivity index (χ1n) is 6.74. The predicted octanol–water partition coefficient (Wildman–Crippen LogP) is 3.28. The van der Waals surface area contributed by atoms with E-state index in [0.29, 0.717) is 12.6 Å². The van der Waals surface area contributed by atoms with E-state index in [4.69, 9.17) is 0 Å². The SMILES string of the molecule is CC(C)n1cncc1Cn1ccc2cccc(C=O)c21. The molecule has 2 heterocycles. The highest BCUT2D eigenvalue weighted by Crippen LogP contribution is 2.21. The van der Waals surface area contributed by atoms with Crippen molar-refractivity contribution in [3.63, 3.8) is 0 Å². The second kappa shape index (κ2) is 4.96. The fourth-order valence-corrected chi connectivity index (χ4v) is 2.61. The Morgan fingerprint density at radius 1 is 1.30 bits per heavy atom. The van der Waals surface area contributed by atoms with Gasteiger partial charge < -0.3 is 9.13 Å². The maximum atomic E-state index is 11.2. The molecule has 2 aromatic heterocycles. The van der Waals surface area contributed by atoms with Gasteiger partial charge in [-0.05, 0) is 26.0 Å². The van der Waals surface area contributed by atoms with Gasteiger partial charge in [0.05, 0.1) is 24.1 Å². The van der Waals surface area contributed by atoms with Gasteiger partial charge in [0.2, 0.25) is 0 Å². The average Bonchev–Trinajstić information content (AvgIpc) is 3.06. The Morgan fingerprint density at radius 3 is 2.90 bits per heavy atom. The zero-order valence-corrected chi connectivity index (χ0v) is 11.7. The van der Waals surface area contributed by atoms with Crippen molar-refractivity contribution in [2.45, 2.75) is 26.4 Å². The van der Waals surface area contributed by atoms with E-state index >= 15 is 0 Å². The van der Waals surface area contributed by atoms with Crippen LogP contribution >= 0.6 is 0 Å². The largest absolute Gasteiger partial charge is 0.341 e. The number of nitrogens with zero attached hydrogens (tertiary/aromatic N) is 3. The van der Waals surface area contributed by atoms with Crippen molar-refractivity contribution in [2.24, 2.45) is 0 Å². The maximum absolute atomic E-state index is 11.2. The summed E-state index contributed by atoms with van der Waals surface area (Å²) < 4.78 is 4.25. The fraction of sp³-hybridized carbons (Fsp3) is 0.250. The summed E-state index contributed by atoms with van der Waals surface area (Å²) in [6.45, 7) is 4.98. The summed E-state index contributed by atoms with van der Waals surface area (Å²) in [6.07, 6.45) is 6.68. The minimum absolute atomic E-state index is 0.375. The number of carbonyl (C=O) groups excluding carboxylic acids is 1. The normalized spacial score (nSPS) is 11.3. The van der Waals surface area contributed by atoms with Gasteiger partial charge in [-0.3, -0.25) is 4.79 Å². The van der Waals surface area contributed by atoms with E-state index in [9.17, 15) is 4.79 Å². The van der Waals surface area contributed by atoms with Crippen molar-refractivity contribution < 1.29 is 4.79 Å². The lowest BCUT2D eigenvalue weighted by Crippen LogP contribution is -2.08. The van der Waals surface area contributed by atoms with Crippen LogP contribution in [0.1, 0.15) is 35.9 Å². The van der Waals surface area contributed by atoms with Crippen molar-refractivity contribution in [1.29, 1.82) is 0 Å². The van der Waals surface area contributed by atoms with Gasteiger partial charge in [-0.2, -0.15) is 0 Å². The van der Waals surface area contributed by atoms with Crippen LogP contribution in [0.5, 0.6) is 0 Å². The predicted molar refractivity (Wildman–Crippen MR) is 79.0 cm³/mol. The van der Waals surface area contributed by atoms with E-state index in [1.165, 1.54) is 0 Å². The smallest absolute Gasteiger partial charge is 0.152 e. The van der Waals surface area contributed by atoms with Crippen LogP contribution in [0.15, 0.2) is 43.0 Å². The highest BCUT2D eigenvalue weighted by Gasteiger charge is 2.10. The van der Waals surface area contributed by atoms with Crippen LogP contribution < -0.4 is 0 Å². The topological polar surface area (TPSA) is 39.8 Å². The van der Waals surface area contributed by atoms with Gasteiger partial charge >= 0.3 is 0 Å². The number of carbonyl (C=O) groups is 1. The molecule has 0 N–H and O–H groups in total. The third kappa shape index (κ3) is 2.03. The van der Waals surface area contributed by atoms with Gasteiger partial charge in [0.15, 0.2) is 6.29 Å². The lowest BCUT2D eigenvalue weighted by molar-refractivity contribution is 0.112. The molecule has 0 unspecified atom stereocenters. The van der Waals surface area contributed by atoms with Gasteiger partial charge in [-0.25, -0.2) is 4.98 Å². The molecule has 0 radical (unpaired) electrons. The number of aldehydes is 1. The minimum Gasteiger partial charge on any atom is -0.341 e. The van der Waals surface area contributed by atoms with Gasteiger partial charge in [-0.15, -0.1) is 0 Å². The first-order chi connectivity index (χ1) is 9.70. The van der Waals surface area contributed by atoms with Gasteiger partial charge in [0.1, 0.15) is 0 Å². The molecule has 0 spiro atoms. The molecule has 0 fully saturated rings. The van der Waals surface area contributed by atoms with E-state index < -0.39 is 0 Å². The highest BCUT2D eigenvalue weighted by molar-refractivity contribution is 5.96. The summed E-state index contributed by atoms with van der Waals surface area (Å²) in [6, 6.07) is 8.21. The summed E-state index contributed by atoms with van der Waals surface area (Å²) in [4.78, 5) is 15.4.